The Hall–Kier alpha value is -0.240. The number of carbonyl (C=O) groups is 1. The second-order valence-corrected chi connectivity index (χ2v) is 2.75. The topological polar surface area (TPSA) is 26.3 Å². The number of esters is 1. The smallest absolute Gasteiger partial charge is 0.319 e. The quantitative estimate of drug-likeness (QED) is 0.338. The molecule has 0 spiro atoms. The molecule has 0 aromatic rings. The molecule has 0 atom stereocenters. The summed E-state index contributed by atoms with van der Waals surface area (Å²) in [5, 5.41) is 0. The fourth-order valence-electron chi connectivity index (χ4n) is 0.492. The Morgan fingerprint density at radius 1 is 1.64 bits per heavy atom. The third kappa shape index (κ3) is 7.66. The zero-order valence-corrected chi connectivity index (χ0v) is 8.68. The molecule has 0 unspecified atom stereocenters. The Morgan fingerprint density at radius 2 is 2.36 bits per heavy atom. The lowest BCUT2D eigenvalue weighted by molar-refractivity contribution is -0.136. The third-order valence-corrected chi connectivity index (χ3v) is 1.42. The van der Waals surface area contributed by atoms with Gasteiger partial charge >= 0.3 is 5.97 Å². The monoisotopic (exact) mass is 266 g/mol. The molecule has 0 aliphatic carbocycles. The van der Waals surface area contributed by atoms with Crippen molar-refractivity contribution in [1.29, 1.82) is 0 Å². The maximum atomic E-state index is 10.7. The Kier molecular flexibility index (Phi) is 7.69. The van der Waals surface area contributed by atoms with Crippen LogP contribution in [0.1, 0.15) is 26.2 Å². The first-order valence-corrected chi connectivity index (χ1v) is 5.07. The Balaban J connectivity index is 3.37. The normalized spacial score (nSPS) is 8.18. The molecule has 0 aliphatic heterocycles. The number of hydrogen-bond acceptors (Lipinski definition) is 2. The molecule has 62 valence electrons. The average molecular weight is 266 g/mol. The lowest BCUT2D eigenvalue weighted by atomic mass is 10.3. The highest BCUT2D eigenvalue weighted by Gasteiger charge is 1.97. The lowest BCUT2D eigenvalue weighted by Gasteiger charge is -1.92. The third-order valence-electron chi connectivity index (χ3n) is 1.04. The van der Waals surface area contributed by atoms with E-state index in [1.807, 2.05) is 6.92 Å². The van der Waals surface area contributed by atoms with Crippen molar-refractivity contribution >= 4 is 28.6 Å². The molecule has 0 bridgehead atoms. The largest absolute Gasteiger partial charge is 0.372 e. The van der Waals surface area contributed by atoms with E-state index in [0.29, 0.717) is 10.8 Å². The summed E-state index contributed by atoms with van der Waals surface area (Å²) in [7, 11) is 0. The van der Waals surface area contributed by atoms with Crippen LogP contribution in [0, 0.1) is 12.0 Å². The van der Waals surface area contributed by atoms with Gasteiger partial charge in [0.1, 0.15) is 6.11 Å². The van der Waals surface area contributed by atoms with Gasteiger partial charge in [0.25, 0.3) is 0 Å². The number of rotatable bonds is 3. The SMILES string of the molecule is CCCCC(=O)OC#CCI. The van der Waals surface area contributed by atoms with Gasteiger partial charge in [-0.3, -0.25) is 4.79 Å². The van der Waals surface area contributed by atoms with Crippen molar-refractivity contribution in [1.82, 2.24) is 0 Å². The number of ether oxygens (including phenoxy) is 1. The van der Waals surface area contributed by atoms with E-state index in [1.54, 1.807) is 0 Å². The molecule has 0 aromatic carbocycles. The average Bonchev–Trinajstić information content (AvgIpc) is 2.01. The van der Waals surface area contributed by atoms with E-state index < -0.39 is 0 Å². The number of hydrogen-bond donors (Lipinski definition) is 0. The summed E-state index contributed by atoms with van der Waals surface area (Å²) >= 11 is 2.10. The molecule has 0 amide bonds. The zero-order chi connectivity index (χ0) is 8.53. The van der Waals surface area contributed by atoms with Gasteiger partial charge in [0, 0.05) is 6.42 Å². The fraction of sp³-hybridized carbons (Fsp3) is 0.625. The maximum absolute atomic E-state index is 10.7. The summed E-state index contributed by atoms with van der Waals surface area (Å²) in [5.74, 6) is 2.43. The van der Waals surface area contributed by atoms with Crippen molar-refractivity contribution in [2.24, 2.45) is 0 Å². The zero-order valence-electron chi connectivity index (χ0n) is 6.52. The standard InChI is InChI=1S/C8H11IO2/c1-2-3-5-8(10)11-7-4-6-9/h2-3,5-6H2,1H3. The van der Waals surface area contributed by atoms with Crippen molar-refractivity contribution in [3.8, 4) is 12.0 Å². The van der Waals surface area contributed by atoms with Crippen LogP contribution in [-0.2, 0) is 9.53 Å². The summed E-state index contributed by atoms with van der Waals surface area (Å²) in [6.45, 7) is 2.03. The second-order valence-electron chi connectivity index (χ2n) is 1.99. The summed E-state index contributed by atoms with van der Waals surface area (Å²) in [4.78, 5) is 10.7. The van der Waals surface area contributed by atoms with Crippen molar-refractivity contribution in [3.05, 3.63) is 0 Å². The van der Waals surface area contributed by atoms with Crippen molar-refractivity contribution in [2.75, 3.05) is 4.43 Å². The Morgan fingerprint density at radius 3 is 2.91 bits per heavy atom. The van der Waals surface area contributed by atoms with Crippen LogP contribution in [0.25, 0.3) is 0 Å². The van der Waals surface area contributed by atoms with Gasteiger partial charge in [0.15, 0.2) is 0 Å². The van der Waals surface area contributed by atoms with Crippen LogP contribution >= 0.6 is 22.6 Å². The summed E-state index contributed by atoms with van der Waals surface area (Å²) in [6, 6.07) is 0. The molecule has 0 saturated heterocycles. The van der Waals surface area contributed by atoms with E-state index in [2.05, 4.69) is 39.4 Å². The first-order valence-electron chi connectivity index (χ1n) is 3.54. The minimum Gasteiger partial charge on any atom is -0.372 e. The van der Waals surface area contributed by atoms with Gasteiger partial charge in [-0.2, -0.15) is 0 Å². The Labute approximate surface area is 80.8 Å². The van der Waals surface area contributed by atoms with Gasteiger partial charge < -0.3 is 4.74 Å². The van der Waals surface area contributed by atoms with Crippen LogP contribution in [-0.4, -0.2) is 10.4 Å². The van der Waals surface area contributed by atoms with Crippen molar-refractivity contribution in [3.63, 3.8) is 0 Å². The summed E-state index contributed by atoms with van der Waals surface area (Å²) < 4.78 is 5.27. The molecule has 3 heteroatoms. The highest BCUT2D eigenvalue weighted by atomic mass is 127. The number of halogens is 1. The van der Waals surface area contributed by atoms with Gasteiger partial charge in [-0.25, -0.2) is 0 Å². The van der Waals surface area contributed by atoms with E-state index in [9.17, 15) is 4.79 Å². The number of unbranched alkanes of at least 4 members (excludes halogenated alkanes) is 1. The minimum atomic E-state index is -0.218. The molecule has 0 N–H and O–H groups in total. The molecule has 0 aromatic heterocycles. The molecular weight excluding hydrogens is 255 g/mol. The van der Waals surface area contributed by atoms with Crippen LogP contribution in [0.3, 0.4) is 0 Å². The molecule has 0 heterocycles. The first kappa shape index (κ1) is 10.8. The lowest BCUT2D eigenvalue weighted by Crippen LogP contribution is -1.98. The van der Waals surface area contributed by atoms with Crippen molar-refractivity contribution < 1.29 is 9.53 Å². The summed E-state index contributed by atoms with van der Waals surface area (Å²) in [6.07, 6.45) is 4.70. The van der Waals surface area contributed by atoms with Gasteiger partial charge in [0.05, 0.1) is 4.43 Å². The molecule has 0 fully saturated rings. The highest BCUT2D eigenvalue weighted by Crippen LogP contribution is 1.95. The van der Waals surface area contributed by atoms with Crippen LogP contribution in [0.2, 0.25) is 0 Å². The van der Waals surface area contributed by atoms with E-state index >= 15 is 0 Å². The predicted molar refractivity (Wildman–Crippen MR) is 52.3 cm³/mol. The molecule has 0 radical (unpaired) electrons. The molecular formula is C8H11IO2. The molecule has 0 aliphatic rings. The van der Waals surface area contributed by atoms with Crippen LogP contribution in [0.15, 0.2) is 0 Å². The maximum Gasteiger partial charge on any atom is 0.319 e. The number of alkyl halides is 1. The van der Waals surface area contributed by atoms with Crippen LogP contribution in [0.5, 0.6) is 0 Å². The van der Waals surface area contributed by atoms with Gasteiger partial charge in [-0.15, -0.1) is 0 Å². The van der Waals surface area contributed by atoms with Crippen LogP contribution < -0.4 is 0 Å². The highest BCUT2D eigenvalue weighted by molar-refractivity contribution is 14.1. The summed E-state index contributed by atoms with van der Waals surface area (Å²) in [5.41, 5.74) is 0. The molecule has 0 rings (SSSR count). The van der Waals surface area contributed by atoms with Gasteiger partial charge in [-0.05, 0) is 12.3 Å². The molecule has 11 heavy (non-hydrogen) atoms. The number of carbonyl (C=O) groups excluding carboxylic acids is 1. The Bertz CT molecular complexity index is 167. The van der Waals surface area contributed by atoms with E-state index in [4.69, 9.17) is 0 Å². The fourth-order valence-corrected chi connectivity index (χ4v) is 0.648. The molecule has 2 nitrogen and oxygen atoms in total. The molecule has 0 saturated carbocycles. The van der Waals surface area contributed by atoms with Gasteiger partial charge in [-0.1, -0.05) is 35.9 Å². The van der Waals surface area contributed by atoms with E-state index in [1.165, 1.54) is 0 Å². The second kappa shape index (κ2) is 7.86. The van der Waals surface area contributed by atoms with Crippen LogP contribution in [0.4, 0.5) is 0 Å². The van der Waals surface area contributed by atoms with Gasteiger partial charge in [0.2, 0.25) is 0 Å². The predicted octanol–water partition coefficient (Wildman–Crippen LogP) is 2.12. The van der Waals surface area contributed by atoms with E-state index in [-0.39, 0.29) is 5.97 Å². The minimum absolute atomic E-state index is 0.218. The first-order chi connectivity index (χ1) is 5.31. The van der Waals surface area contributed by atoms with Crippen molar-refractivity contribution in [2.45, 2.75) is 26.2 Å². The van der Waals surface area contributed by atoms with E-state index in [0.717, 1.165) is 12.8 Å².